The van der Waals surface area contributed by atoms with Crippen molar-refractivity contribution in [2.24, 2.45) is 5.92 Å². The molecule has 3 nitrogen and oxygen atoms in total. The lowest BCUT2D eigenvalue weighted by molar-refractivity contribution is -0.133. The third kappa shape index (κ3) is 2.35. The molecule has 1 aliphatic heterocycles. The number of carbonyl (C=O) groups is 1. The van der Waals surface area contributed by atoms with Gasteiger partial charge in [0.1, 0.15) is 0 Å². The minimum atomic E-state index is -0.151. The lowest BCUT2D eigenvalue weighted by Crippen LogP contribution is -2.43. The first kappa shape index (κ1) is 12.9. The standard InChI is InChI=1S/C14H26N2O/c1-5-6-11(4)16-12(9-10(2)3)15-14(7-8-14)13(16)17/h10-12,15H,5-9H2,1-4H3. The maximum atomic E-state index is 12.5. The number of nitrogens with one attached hydrogen (secondary N) is 1. The van der Waals surface area contributed by atoms with E-state index in [0.29, 0.717) is 17.9 Å². The summed E-state index contributed by atoms with van der Waals surface area (Å²) in [6.45, 7) is 8.84. The summed E-state index contributed by atoms with van der Waals surface area (Å²) in [6, 6.07) is 0.378. The number of hydrogen-bond donors (Lipinski definition) is 1. The monoisotopic (exact) mass is 238 g/mol. The fourth-order valence-electron chi connectivity index (χ4n) is 3.01. The van der Waals surface area contributed by atoms with E-state index in [4.69, 9.17) is 0 Å². The molecule has 1 amide bonds. The largest absolute Gasteiger partial charge is 0.323 e. The van der Waals surface area contributed by atoms with Gasteiger partial charge in [-0.05, 0) is 38.5 Å². The van der Waals surface area contributed by atoms with Crippen molar-refractivity contribution < 1.29 is 4.79 Å². The van der Waals surface area contributed by atoms with E-state index in [1.807, 2.05) is 0 Å². The molecule has 0 aromatic carbocycles. The second kappa shape index (κ2) is 4.60. The Morgan fingerprint density at radius 3 is 2.53 bits per heavy atom. The third-order valence-electron chi connectivity index (χ3n) is 4.05. The van der Waals surface area contributed by atoms with Crippen LogP contribution in [0.15, 0.2) is 0 Å². The van der Waals surface area contributed by atoms with E-state index in [0.717, 1.165) is 32.1 Å². The second-order valence-corrected chi connectivity index (χ2v) is 6.22. The van der Waals surface area contributed by atoms with Crippen LogP contribution in [0.25, 0.3) is 0 Å². The van der Waals surface area contributed by atoms with Gasteiger partial charge in [0.2, 0.25) is 5.91 Å². The molecule has 0 bridgehead atoms. The van der Waals surface area contributed by atoms with E-state index in [1.165, 1.54) is 0 Å². The van der Waals surface area contributed by atoms with Crippen LogP contribution in [0.3, 0.4) is 0 Å². The average molecular weight is 238 g/mol. The maximum Gasteiger partial charge on any atom is 0.244 e. The highest BCUT2D eigenvalue weighted by atomic mass is 16.2. The maximum absolute atomic E-state index is 12.5. The zero-order chi connectivity index (χ0) is 12.6. The summed E-state index contributed by atoms with van der Waals surface area (Å²) in [5, 5.41) is 3.59. The predicted octanol–water partition coefficient (Wildman–Crippen LogP) is 2.51. The van der Waals surface area contributed by atoms with Crippen LogP contribution in [0.1, 0.15) is 59.8 Å². The molecule has 2 aliphatic rings. The van der Waals surface area contributed by atoms with Gasteiger partial charge in [-0.1, -0.05) is 27.2 Å². The summed E-state index contributed by atoms with van der Waals surface area (Å²) in [6.07, 6.45) is 5.67. The Hall–Kier alpha value is -0.570. The summed E-state index contributed by atoms with van der Waals surface area (Å²) < 4.78 is 0. The molecule has 2 fully saturated rings. The van der Waals surface area contributed by atoms with Crippen molar-refractivity contribution in [3.63, 3.8) is 0 Å². The van der Waals surface area contributed by atoms with E-state index in [1.54, 1.807) is 0 Å². The highest BCUT2D eigenvalue weighted by molar-refractivity contribution is 5.92. The first-order chi connectivity index (χ1) is 8.00. The number of amides is 1. The van der Waals surface area contributed by atoms with E-state index < -0.39 is 0 Å². The fraction of sp³-hybridized carbons (Fsp3) is 0.929. The van der Waals surface area contributed by atoms with Gasteiger partial charge in [0.25, 0.3) is 0 Å². The zero-order valence-electron chi connectivity index (χ0n) is 11.6. The Morgan fingerprint density at radius 2 is 2.06 bits per heavy atom. The van der Waals surface area contributed by atoms with E-state index in [-0.39, 0.29) is 11.7 Å². The van der Waals surface area contributed by atoms with Crippen LogP contribution in [-0.4, -0.2) is 28.6 Å². The second-order valence-electron chi connectivity index (χ2n) is 6.22. The molecule has 0 aromatic heterocycles. The van der Waals surface area contributed by atoms with Crippen molar-refractivity contribution in [3.05, 3.63) is 0 Å². The van der Waals surface area contributed by atoms with Crippen molar-refractivity contribution in [1.82, 2.24) is 10.2 Å². The Bertz CT molecular complexity index is 297. The summed E-state index contributed by atoms with van der Waals surface area (Å²) in [5.74, 6) is 0.995. The van der Waals surface area contributed by atoms with Crippen LogP contribution < -0.4 is 5.32 Å². The zero-order valence-corrected chi connectivity index (χ0v) is 11.6. The molecule has 2 rings (SSSR count). The number of hydrogen-bond acceptors (Lipinski definition) is 2. The molecule has 3 heteroatoms. The first-order valence-corrected chi connectivity index (χ1v) is 7.10. The van der Waals surface area contributed by atoms with Crippen LogP contribution in [0.5, 0.6) is 0 Å². The molecule has 2 atom stereocenters. The van der Waals surface area contributed by atoms with Gasteiger partial charge < -0.3 is 4.90 Å². The summed E-state index contributed by atoms with van der Waals surface area (Å²) in [4.78, 5) is 14.6. The minimum Gasteiger partial charge on any atom is -0.323 e. The predicted molar refractivity (Wildman–Crippen MR) is 69.6 cm³/mol. The van der Waals surface area contributed by atoms with Crippen LogP contribution in [-0.2, 0) is 4.79 Å². The van der Waals surface area contributed by atoms with Crippen molar-refractivity contribution in [3.8, 4) is 0 Å². The van der Waals surface area contributed by atoms with Gasteiger partial charge in [-0.3, -0.25) is 10.1 Å². The molecule has 1 spiro atoms. The SMILES string of the molecule is CCCC(C)N1C(=O)C2(CC2)NC1CC(C)C. The van der Waals surface area contributed by atoms with Crippen LogP contribution >= 0.6 is 0 Å². The third-order valence-corrected chi connectivity index (χ3v) is 4.05. The summed E-state index contributed by atoms with van der Waals surface area (Å²) in [7, 11) is 0. The van der Waals surface area contributed by atoms with Gasteiger partial charge in [0.05, 0.1) is 11.7 Å². The van der Waals surface area contributed by atoms with Gasteiger partial charge in [-0.2, -0.15) is 0 Å². The average Bonchev–Trinajstić information content (AvgIpc) is 2.92. The Morgan fingerprint density at radius 1 is 1.41 bits per heavy atom. The van der Waals surface area contributed by atoms with Crippen molar-refractivity contribution in [2.75, 3.05) is 0 Å². The molecule has 1 saturated heterocycles. The molecule has 1 aliphatic carbocycles. The van der Waals surface area contributed by atoms with Gasteiger partial charge >= 0.3 is 0 Å². The first-order valence-electron chi connectivity index (χ1n) is 7.10. The highest BCUT2D eigenvalue weighted by Crippen LogP contribution is 2.44. The number of carbonyl (C=O) groups excluding carboxylic acids is 1. The molecule has 1 saturated carbocycles. The van der Waals surface area contributed by atoms with E-state index in [2.05, 4.69) is 37.9 Å². The number of rotatable bonds is 5. The van der Waals surface area contributed by atoms with Gasteiger partial charge in [0.15, 0.2) is 0 Å². The van der Waals surface area contributed by atoms with Crippen molar-refractivity contribution >= 4 is 5.91 Å². The van der Waals surface area contributed by atoms with E-state index >= 15 is 0 Å². The fourth-order valence-corrected chi connectivity index (χ4v) is 3.01. The van der Waals surface area contributed by atoms with Gasteiger partial charge in [-0.15, -0.1) is 0 Å². The van der Waals surface area contributed by atoms with Crippen LogP contribution in [0, 0.1) is 5.92 Å². The molecular weight excluding hydrogens is 212 g/mol. The smallest absolute Gasteiger partial charge is 0.244 e. The Kier molecular flexibility index (Phi) is 3.48. The lowest BCUT2D eigenvalue weighted by Gasteiger charge is -2.31. The molecule has 0 radical (unpaired) electrons. The molecular formula is C14H26N2O. The molecule has 1 N–H and O–H groups in total. The van der Waals surface area contributed by atoms with Crippen LogP contribution in [0.4, 0.5) is 0 Å². The van der Waals surface area contributed by atoms with Crippen molar-refractivity contribution in [2.45, 2.75) is 77.5 Å². The minimum absolute atomic E-state index is 0.151. The number of nitrogens with zero attached hydrogens (tertiary/aromatic N) is 1. The van der Waals surface area contributed by atoms with E-state index in [9.17, 15) is 4.79 Å². The quantitative estimate of drug-likeness (QED) is 0.798. The molecule has 0 aromatic rings. The summed E-state index contributed by atoms with van der Waals surface area (Å²) >= 11 is 0. The Balaban J connectivity index is 2.10. The topological polar surface area (TPSA) is 32.3 Å². The lowest BCUT2D eigenvalue weighted by atomic mass is 10.1. The molecule has 17 heavy (non-hydrogen) atoms. The molecule has 1 heterocycles. The van der Waals surface area contributed by atoms with Crippen molar-refractivity contribution in [1.29, 1.82) is 0 Å². The normalized spacial score (nSPS) is 28.2. The molecule has 98 valence electrons. The van der Waals surface area contributed by atoms with Gasteiger partial charge in [-0.25, -0.2) is 0 Å². The molecule has 2 unspecified atom stereocenters. The van der Waals surface area contributed by atoms with Crippen LogP contribution in [0.2, 0.25) is 0 Å². The van der Waals surface area contributed by atoms with Gasteiger partial charge in [0, 0.05) is 6.04 Å². The Labute approximate surface area is 105 Å². The highest BCUT2D eigenvalue weighted by Gasteiger charge is 2.59. The summed E-state index contributed by atoms with van der Waals surface area (Å²) in [5.41, 5.74) is -0.151.